The number of aryl methyl sites for hydroxylation is 1. The minimum absolute atomic E-state index is 0.162. The van der Waals surface area contributed by atoms with Crippen LogP contribution in [0.2, 0.25) is 0 Å². The molecule has 0 spiro atoms. The SMILES string of the molecule is Cn1c(=O)c2ccccc2n2c(SCc3ccc(C(F)(F)F)cc3)nnc12. The number of benzene rings is 2. The molecule has 9 heteroatoms. The predicted molar refractivity (Wildman–Crippen MR) is 96.7 cm³/mol. The van der Waals surface area contributed by atoms with Crippen molar-refractivity contribution in [2.45, 2.75) is 17.1 Å². The lowest BCUT2D eigenvalue weighted by atomic mass is 10.1. The smallest absolute Gasteiger partial charge is 0.279 e. The van der Waals surface area contributed by atoms with Crippen LogP contribution in [0.15, 0.2) is 58.5 Å². The van der Waals surface area contributed by atoms with E-state index in [1.165, 1.54) is 28.5 Å². The third-order valence-electron chi connectivity index (χ3n) is 4.25. The fraction of sp³-hybridized carbons (Fsp3) is 0.167. The lowest BCUT2D eigenvalue weighted by molar-refractivity contribution is -0.137. The molecule has 0 aliphatic rings. The number of aromatic nitrogens is 4. The number of fused-ring (bicyclic) bond motifs is 3. The number of rotatable bonds is 3. The summed E-state index contributed by atoms with van der Waals surface area (Å²) >= 11 is 1.35. The molecule has 27 heavy (non-hydrogen) atoms. The Labute approximate surface area is 155 Å². The van der Waals surface area contributed by atoms with Gasteiger partial charge in [-0.05, 0) is 29.8 Å². The van der Waals surface area contributed by atoms with E-state index in [4.69, 9.17) is 0 Å². The van der Waals surface area contributed by atoms with E-state index in [-0.39, 0.29) is 5.56 Å². The highest BCUT2D eigenvalue weighted by molar-refractivity contribution is 7.98. The largest absolute Gasteiger partial charge is 0.416 e. The molecule has 0 aliphatic heterocycles. The molecule has 5 nitrogen and oxygen atoms in total. The first kappa shape index (κ1) is 17.6. The lowest BCUT2D eigenvalue weighted by Crippen LogP contribution is -2.20. The summed E-state index contributed by atoms with van der Waals surface area (Å²) in [6, 6.07) is 12.2. The van der Waals surface area contributed by atoms with Crippen LogP contribution in [0, 0.1) is 0 Å². The summed E-state index contributed by atoms with van der Waals surface area (Å²) in [5, 5.41) is 9.36. The summed E-state index contributed by atoms with van der Waals surface area (Å²) in [5.74, 6) is 0.837. The number of nitrogens with zero attached hydrogens (tertiary/aromatic N) is 4. The summed E-state index contributed by atoms with van der Waals surface area (Å²) < 4.78 is 41.2. The highest BCUT2D eigenvalue weighted by Gasteiger charge is 2.29. The first-order valence-electron chi connectivity index (χ1n) is 7.98. The molecule has 0 atom stereocenters. The lowest BCUT2D eigenvalue weighted by Gasteiger charge is -2.08. The Balaban J connectivity index is 1.70. The van der Waals surface area contributed by atoms with Crippen molar-refractivity contribution < 1.29 is 13.2 Å². The van der Waals surface area contributed by atoms with Gasteiger partial charge in [0.25, 0.3) is 5.56 Å². The normalized spacial score (nSPS) is 12.1. The van der Waals surface area contributed by atoms with Gasteiger partial charge < -0.3 is 0 Å². The van der Waals surface area contributed by atoms with Gasteiger partial charge in [-0.15, -0.1) is 10.2 Å². The molecule has 2 heterocycles. The molecule has 0 fully saturated rings. The van der Waals surface area contributed by atoms with Crippen molar-refractivity contribution in [2.75, 3.05) is 0 Å². The van der Waals surface area contributed by atoms with Gasteiger partial charge in [0.2, 0.25) is 5.78 Å². The maximum absolute atomic E-state index is 12.7. The number of alkyl halides is 3. The molecule has 2 aromatic carbocycles. The quantitative estimate of drug-likeness (QED) is 0.498. The average Bonchev–Trinajstić information content (AvgIpc) is 3.08. The van der Waals surface area contributed by atoms with Gasteiger partial charge in [0.15, 0.2) is 5.16 Å². The third kappa shape index (κ3) is 3.08. The zero-order valence-electron chi connectivity index (χ0n) is 14.1. The van der Waals surface area contributed by atoms with Gasteiger partial charge in [0.05, 0.1) is 16.5 Å². The van der Waals surface area contributed by atoms with E-state index in [0.717, 1.165) is 17.7 Å². The van der Waals surface area contributed by atoms with Crippen LogP contribution >= 0.6 is 11.8 Å². The predicted octanol–water partition coefficient (Wildman–Crippen LogP) is 3.89. The average molecular weight is 390 g/mol. The molecule has 138 valence electrons. The van der Waals surface area contributed by atoms with Gasteiger partial charge in [-0.25, -0.2) is 0 Å². The molecule has 0 radical (unpaired) electrons. The van der Waals surface area contributed by atoms with Gasteiger partial charge in [-0.3, -0.25) is 13.8 Å². The molecular formula is C18H13F3N4OS. The van der Waals surface area contributed by atoms with Gasteiger partial charge in [-0.2, -0.15) is 13.2 Å². The summed E-state index contributed by atoms with van der Waals surface area (Å²) in [5.41, 5.74) is 0.587. The minimum Gasteiger partial charge on any atom is -0.279 e. The maximum Gasteiger partial charge on any atom is 0.416 e. The second kappa shape index (κ2) is 6.41. The first-order valence-corrected chi connectivity index (χ1v) is 8.96. The fourth-order valence-electron chi connectivity index (χ4n) is 2.84. The molecule has 0 amide bonds. The molecule has 0 saturated heterocycles. The fourth-order valence-corrected chi connectivity index (χ4v) is 3.74. The van der Waals surface area contributed by atoms with Gasteiger partial charge in [0, 0.05) is 12.8 Å². The summed E-state index contributed by atoms with van der Waals surface area (Å²) in [4.78, 5) is 12.4. The molecule has 0 bridgehead atoms. The standard InChI is InChI=1S/C18H13F3N4OS/c1-24-15(26)13-4-2-3-5-14(13)25-16(24)22-23-17(25)27-10-11-6-8-12(9-7-11)18(19,20)21/h2-9H,10H2,1H3. The number of hydrogen-bond donors (Lipinski definition) is 0. The number of thioether (sulfide) groups is 1. The van der Waals surface area contributed by atoms with E-state index >= 15 is 0 Å². The molecule has 4 rings (SSSR count). The Hall–Kier alpha value is -2.81. The Kier molecular flexibility index (Phi) is 4.18. The zero-order valence-corrected chi connectivity index (χ0v) is 14.9. The van der Waals surface area contributed by atoms with E-state index in [9.17, 15) is 18.0 Å². The van der Waals surface area contributed by atoms with E-state index in [1.54, 1.807) is 23.6 Å². The van der Waals surface area contributed by atoms with Crippen LogP contribution in [0.1, 0.15) is 11.1 Å². The first-order chi connectivity index (χ1) is 12.9. The minimum atomic E-state index is -4.35. The Morgan fingerprint density at radius 2 is 1.74 bits per heavy atom. The van der Waals surface area contributed by atoms with Crippen molar-refractivity contribution in [3.63, 3.8) is 0 Å². The van der Waals surface area contributed by atoms with E-state index < -0.39 is 11.7 Å². The van der Waals surface area contributed by atoms with E-state index in [0.29, 0.717) is 27.6 Å². The number of hydrogen-bond acceptors (Lipinski definition) is 4. The molecule has 0 aliphatic carbocycles. The van der Waals surface area contributed by atoms with Crippen LogP contribution in [0.5, 0.6) is 0 Å². The van der Waals surface area contributed by atoms with Crippen LogP contribution in [-0.4, -0.2) is 19.2 Å². The van der Waals surface area contributed by atoms with Gasteiger partial charge in [-0.1, -0.05) is 36.0 Å². The molecular weight excluding hydrogens is 377 g/mol. The maximum atomic E-state index is 12.7. The monoisotopic (exact) mass is 390 g/mol. The topological polar surface area (TPSA) is 52.2 Å². The van der Waals surface area contributed by atoms with Crippen LogP contribution in [-0.2, 0) is 19.0 Å². The second-order valence-corrected chi connectivity index (χ2v) is 6.93. The number of para-hydroxylation sites is 1. The highest BCUT2D eigenvalue weighted by atomic mass is 32.2. The van der Waals surface area contributed by atoms with Crippen LogP contribution < -0.4 is 5.56 Å². The molecule has 0 unspecified atom stereocenters. The summed E-state index contributed by atoms with van der Waals surface area (Å²) in [6.07, 6.45) is -4.35. The van der Waals surface area contributed by atoms with Crippen LogP contribution in [0.4, 0.5) is 13.2 Å². The Bertz CT molecular complexity index is 1200. The molecule has 2 aromatic heterocycles. The zero-order chi connectivity index (χ0) is 19.2. The summed E-state index contributed by atoms with van der Waals surface area (Å²) in [6.45, 7) is 0. The number of halogens is 3. The van der Waals surface area contributed by atoms with Crippen molar-refractivity contribution in [1.29, 1.82) is 0 Å². The molecule has 0 N–H and O–H groups in total. The van der Waals surface area contributed by atoms with E-state index in [2.05, 4.69) is 10.2 Å². The third-order valence-corrected chi connectivity index (χ3v) is 5.25. The van der Waals surface area contributed by atoms with Gasteiger partial charge in [0.1, 0.15) is 0 Å². The van der Waals surface area contributed by atoms with Gasteiger partial charge >= 0.3 is 6.18 Å². The second-order valence-electron chi connectivity index (χ2n) is 5.98. The van der Waals surface area contributed by atoms with Crippen molar-refractivity contribution in [3.05, 3.63) is 70.0 Å². The Morgan fingerprint density at radius 1 is 1.04 bits per heavy atom. The van der Waals surface area contributed by atoms with Crippen molar-refractivity contribution in [2.24, 2.45) is 7.05 Å². The van der Waals surface area contributed by atoms with Crippen molar-refractivity contribution in [1.82, 2.24) is 19.2 Å². The van der Waals surface area contributed by atoms with Crippen LogP contribution in [0.25, 0.3) is 16.7 Å². The van der Waals surface area contributed by atoms with Crippen molar-refractivity contribution in [3.8, 4) is 0 Å². The molecule has 0 saturated carbocycles. The van der Waals surface area contributed by atoms with Crippen LogP contribution in [0.3, 0.4) is 0 Å². The molecule has 4 aromatic rings. The van der Waals surface area contributed by atoms with E-state index in [1.807, 2.05) is 12.1 Å². The highest BCUT2D eigenvalue weighted by Crippen LogP contribution is 2.30. The van der Waals surface area contributed by atoms with Crippen molar-refractivity contribution >= 4 is 28.4 Å². The Morgan fingerprint density at radius 3 is 2.44 bits per heavy atom. The summed E-state index contributed by atoms with van der Waals surface area (Å²) in [7, 11) is 1.63.